The second kappa shape index (κ2) is 7.81. The fourth-order valence-corrected chi connectivity index (χ4v) is 2.85. The smallest absolute Gasteiger partial charge is 0.412 e. The van der Waals surface area contributed by atoms with Crippen LogP contribution in [0.2, 0.25) is 0 Å². The van der Waals surface area contributed by atoms with Gasteiger partial charge in [-0.25, -0.2) is 4.79 Å². The summed E-state index contributed by atoms with van der Waals surface area (Å²) < 4.78 is 22.7. The Balaban J connectivity index is 2.52. The van der Waals surface area contributed by atoms with E-state index in [0.29, 0.717) is 16.6 Å². The molecule has 1 unspecified atom stereocenters. The predicted molar refractivity (Wildman–Crippen MR) is 93.6 cm³/mol. The maximum absolute atomic E-state index is 11.7. The number of carboxylic acid groups (broad SMARTS) is 1. The lowest BCUT2D eigenvalue weighted by atomic mass is 10.1. The highest BCUT2D eigenvalue weighted by Gasteiger charge is 2.28. The second-order valence-corrected chi connectivity index (χ2v) is 5.97. The van der Waals surface area contributed by atoms with E-state index in [9.17, 15) is 18.3 Å². The van der Waals surface area contributed by atoms with E-state index in [4.69, 9.17) is 0 Å². The van der Waals surface area contributed by atoms with Crippen molar-refractivity contribution in [1.82, 2.24) is 0 Å². The third-order valence-corrected chi connectivity index (χ3v) is 4.10. The fourth-order valence-electron chi connectivity index (χ4n) is 2.14. The second-order valence-electron chi connectivity index (χ2n) is 4.46. The minimum absolute atomic E-state index is 0.00755. The van der Waals surface area contributed by atoms with Crippen molar-refractivity contribution < 1.29 is 18.3 Å². The third-order valence-electron chi connectivity index (χ3n) is 3.06. The average molecular weight is 394 g/mol. The third kappa shape index (κ3) is 4.12. The molecule has 1 aromatic rings. The van der Waals surface area contributed by atoms with Crippen LogP contribution in [-0.4, -0.2) is 35.9 Å². The average Bonchev–Trinajstić information content (AvgIpc) is 2.53. The topological polar surface area (TPSA) is 74.7 Å². The first-order chi connectivity index (χ1) is 11.0. The van der Waals surface area contributed by atoms with Crippen LogP contribution in [0.4, 0.5) is 10.5 Å². The Kier molecular flexibility index (Phi) is 5.79. The maximum atomic E-state index is 11.7. The molecule has 7 heteroatoms. The Morgan fingerprint density at radius 3 is 2.78 bits per heavy atom. The van der Waals surface area contributed by atoms with Crippen LogP contribution in [0.5, 0.6) is 0 Å². The fraction of sp³-hybridized carbons (Fsp3) is 0.125. The number of anilines is 1. The number of rotatable bonds is 2. The lowest BCUT2D eigenvalue weighted by molar-refractivity contribution is 0.201. The minimum Gasteiger partial charge on any atom is -0.465 e. The van der Waals surface area contributed by atoms with Crippen LogP contribution in [0.1, 0.15) is 5.56 Å². The number of alkyl halides is 1. The van der Waals surface area contributed by atoms with Crippen LogP contribution in [-0.2, 0) is 10.3 Å². The van der Waals surface area contributed by atoms with Gasteiger partial charge in [0.25, 0.3) is 0 Å². The molecule has 0 aliphatic heterocycles. The molecule has 0 saturated carbocycles. The molecule has 0 bridgehead atoms. The molecule has 5 nitrogen and oxygen atoms in total. The van der Waals surface area contributed by atoms with Gasteiger partial charge in [-0.1, -0.05) is 52.1 Å². The van der Waals surface area contributed by atoms with E-state index in [2.05, 4.69) is 27.8 Å². The van der Waals surface area contributed by atoms with Crippen LogP contribution < -0.4 is 4.90 Å². The van der Waals surface area contributed by atoms with Gasteiger partial charge in [-0.05, 0) is 24.3 Å². The zero-order valence-electron chi connectivity index (χ0n) is 11.8. The van der Waals surface area contributed by atoms with Crippen LogP contribution >= 0.6 is 15.9 Å². The maximum Gasteiger partial charge on any atom is 0.412 e. The lowest BCUT2D eigenvalue weighted by Crippen LogP contribution is -2.44. The van der Waals surface area contributed by atoms with Gasteiger partial charge in [0.05, 0.1) is 16.2 Å². The molecule has 1 aliphatic carbocycles. The molecule has 1 aliphatic rings. The molecule has 1 N–H and O–H groups in total. The lowest BCUT2D eigenvalue weighted by Gasteiger charge is -2.27. The summed E-state index contributed by atoms with van der Waals surface area (Å²) >= 11 is 3.20. The summed E-state index contributed by atoms with van der Waals surface area (Å²) in [7, 11) is -2.51. The monoisotopic (exact) mass is 393 g/mol. The molecule has 0 fully saturated rings. The number of hydrogen-bond acceptors (Lipinski definition) is 3. The highest BCUT2D eigenvalue weighted by Crippen LogP contribution is 2.22. The zero-order chi connectivity index (χ0) is 16.8. The van der Waals surface area contributed by atoms with E-state index in [-0.39, 0.29) is 4.86 Å². The van der Waals surface area contributed by atoms with Crippen molar-refractivity contribution in [2.75, 3.05) is 10.2 Å². The number of amides is 1. The van der Waals surface area contributed by atoms with Gasteiger partial charge in [-0.15, -0.1) is 0 Å². The summed E-state index contributed by atoms with van der Waals surface area (Å²) in [6.45, 7) is 0. The number of allylic oxidation sites excluding steroid dienone is 2. The van der Waals surface area contributed by atoms with Crippen molar-refractivity contribution in [3.63, 3.8) is 0 Å². The van der Waals surface area contributed by atoms with Crippen LogP contribution in [0.15, 0.2) is 48.6 Å². The Morgan fingerprint density at radius 2 is 2.13 bits per heavy atom. The van der Waals surface area contributed by atoms with Crippen LogP contribution in [0.3, 0.4) is 0 Å². The number of hydrogen-bond donors (Lipinski definition) is 1. The quantitative estimate of drug-likeness (QED) is 0.475. The molecule has 2 rings (SSSR count). The highest BCUT2D eigenvalue weighted by molar-refractivity contribution is 9.09. The Hall–Kier alpha value is -2.30. The summed E-state index contributed by atoms with van der Waals surface area (Å²) in [6, 6.07) is 5.74. The molecule has 118 valence electrons. The van der Waals surface area contributed by atoms with Gasteiger partial charge < -0.3 is 5.11 Å². The number of nitrogens with zero attached hydrogens (tertiary/aromatic N) is 1. The summed E-state index contributed by atoms with van der Waals surface area (Å²) in [6.07, 6.45) is 4.84. The zero-order valence-corrected chi connectivity index (χ0v) is 14.2. The molecule has 0 heterocycles. The van der Waals surface area contributed by atoms with E-state index < -0.39 is 22.4 Å². The molecular formula is C16H12BrNO4S. The van der Waals surface area contributed by atoms with Crippen molar-refractivity contribution in [2.24, 2.45) is 0 Å². The van der Waals surface area contributed by atoms with Gasteiger partial charge >= 0.3 is 6.09 Å². The van der Waals surface area contributed by atoms with E-state index in [1.54, 1.807) is 36.4 Å². The summed E-state index contributed by atoms with van der Waals surface area (Å²) in [5.41, 5.74) is 1.00. The van der Waals surface area contributed by atoms with E-state index in [1.807, 2.05) is 0 Å². The predicted octanol–water partition coefficient (Wildman–Crippen LogP) is 2.46. The van der Waals surface area contributed by atoms with E-state index in [0.717, 1.165) is 4.90 Å². The largest absolute Gasteiger partial charge is 0.465 e. The van der Waals surface area contributed by atoms with E-state index >= 15 is 0 Å². The van der Waals surface area contributed by atoms with Crippen molar-refractivity contribution in [2.45, 2.75) is 6.04 Å². The van der Waals surface area contributed by atoms with Crippen molar-refractivity contribution in [3.05, 3.63) is 54.1 Å². The van der Waals surface area contributed by atoms with E-state index in [1.165, 1.54) is 12.2 Å². The summed E-state index contributed by atoms with van der Waals surface area (Å²) in [4.78, 5) is 12.7. The summed E-state index contributed by atoms with van der Waals surface area (Å²) in [5.74, 6) is 5.73. The number of carbonyl (C=O) groups is 1. The molecule has 0 radical (unpaired) electrons. The van der Waals surface area contributed by atoms with Gasteiger partial charge in [0.1, 0.15) is 0 Å². The number of halogens is 1. The molecule has 1 atom stereocenters. The molecular weight excluding hydrogens is 382 g/mol. The van der Waals surface area contributed by atoms with Crippen LogP contribution in [0, 0.1) is 11.8 Å². The Labute approximate surface area is 143 Å². The molecule has 0 aromatic heterocycles. The van der Waals surface area contributed by atoms with Gasteiger partial charge in [-0.2, -0.15) is 8.42 Å². The first kappa shape index (κ1) is 17.1. The van der Waals surface area contributed by atoms with Crippen molar-refractivity contribution in [3.8, 4) is 11.8 Å². The van der Waals surface area contributed by atoms with Gasteiger partial charge in [-0.3, -0.25) is 4.90 Å². The van der Waals surface area contributed by atoms with Crippen molar-refractivity contribution in [1.29, 1.82) is 0 Å². The highest BCUT2D eigenvalue weighted by atomic mass is 79.9. The normalized spacial score (nSPS) is 15.7. The van der Waals surface area contributed by atoms with Crippen LogP contribution in [0.25, 0.3) is 0 Å². The molecule has 1 amide bonds. The molecule has 1 aromatic carbocycles. The van der Waals surface area contributed by atoms with Crippen molar-refractivity contribution >= 4 is 42.9 Å². The standard InChI is InChI=1S/C16H12BrNO4S/c17-10-4-6-12-5-3-7-13(11-12)18(16(19)20)14-8-1-2-9-15(14)23(21)22/h1-3,5,7-9,11,14H,10H2,(H,19,20). The van der Waals surface area contributed by atoms with Gasteiger partial charge in [0, 0.05) is 11.3 Å². The first-order valence-electron chi connectivity index (χ1n) is 6.52. The molecule has 0 spiro atoms. The SMILES string of the molecule is O=C(O)N(c1cccc(C#CCBr)c1)C1C=CC=CC1=S(=O)=O. The summed E-state index contributed by atoms with van der Waals surface area (Å²) in [5, 5.41) is 10.1. The van der Waals surface area contributed by atoms with Gasteiger partial charge in [0.2, 0.25) is 10.3 Å². The first-order valence-corrected chi connectivity index (χ1v) is 8.72. The number of benzene rings is 1. The Bertz CT molecular complexity index is 867. The molecule has 23 heavy (non-hydrogen) atoms. The minimum atomic E-state index is -2.51. The molecule has 0 saturated heterocycles. The Morgan fingerprint density at radius 1 is 1.35 bits per heavy atom. The van der Waals surface area contributed by atoms with Gasteiger partial charge in [0.15, 0.2) is 0 Å².